The zero-order chi connectivity index (χ0) is 28.7. The van der Waals surface area contributed by atoms with E-state index in [1.807, 2.05) is 12.1 Å². The molecule has 0 aromatic heterocycles. The molecule has 7 nitrogen and oxygen atoms in total. The molecule has 41 heavy (non-hydrogen) atoms. The SMILES string of the molecule is O=C1CCC(N2Cc3cc(CN4CCN(C(c5cccc(F)c5)c5cccc(F)c5)CC4)c(F)cc3C2=O)C(=O)N1. The number of rotatable bonds is 6. The molecule has 0 radical (unpaired) electrons. The predicted octanol–water partition coefficient (Wildman–Crippen LogP) is 3.77. The van der Waals surface area contributed by atoms with Crippen LogP contribution < -0.4 is 5.32 Å². The lowest BCUT2D eigenvalue weighted by Gasteiger charge is -2.40. The van der Waals surface area contributed by atoms with Crippen LogP contribution in [0.1, 0.15) is 51.5 Å². The molecule has 3 aromatic carbocycles. The van der Waals surface area contributed by atoms with Gasteiger partial charge in [0.2, 0.25) is 11.8 Å². The molecule has 212 valence electrons. The number of carbonyl (C=O) groups is 3. The van der Waals surface area contributed by atoms with Gasteiger partial charge in [-0.25, -0.2) is 13.2 Å². The van der Waals surface area contributed by atoms with Crippen molar-refractivity contribution in [3.8, 4) is 0 Å². The second kappa shape index (κ2) is 11.1. The highest BCUT2D eigenvalue weighted by Crippen LogP contribution is 2.32. The highest BCUT2D eigenvalue weighted by Gasteiger charge is 2.39. The van der Waals surface area contributed by atoms with E-state index < -0.39 is 23.7 Å². The molecule has 10 heteroatoms. The maximum absolute atomic E-state index is 15.2. The monoisotopic (exact) mass is 562 g/mol. The number of nitrogens with one attached hydrogen (secondary N) is 1. The molecule has 0 saturated carbocycles. The summed E-state index contributed by atoms with van der Waals surface area (Å²) < 4.78 is 43.4. The van der Waals surface area contributed by atoms with E-state index in [9.17, 15) is 23.2 Å². The third kappa shape index (κ3) is 5.49. The van der Waals surface area contributed by atoms with E-state index in [2.05, 4.69) is 15.1 Å². The minimum Gasteiger partial charge on any atom is -0.322 e. The van der Waals surface area contributed by atoms with Crippen LogP contribution in [0.3, 0.4) is 0 Å². The molecule has 3 amide bonds. The first-order valence-corrected chi connectivity index (χ1v) is 13.7. The summed E-state index contributed by atoms with van der Waals surface area (Å²) in [6.07, 6.45) is 0.400. The maximum Gasteiger partial charge on any atom is 0.255 e. The second-order valence-electron chi connectivity index (χ2n) is 10.8. The summed E-state index contributed by atoms with van der Waals surface area (Å²) in [5.74, 6) is -2.47. The van der Waals surface area contributed by atoms with Crippen molar-refractivity contribution < 1.29 is 27.6 Å². The lowest BCUT2D eigenvalue weighted by molar-refractivity contribution is -0.136. The highest BCUT2D eigenvalue weighted by atomic mass is 19.1. The Kier molecular flexibility index (Phi) is 7.35. The standard InChI is InChI=1S/C31H29F3N4O3/c32-23-5-1-3-19(14-23)29(20-4-2-6-24(33)15-20)37-11-9-36(10-12-37)17-22-13-21-18-38(31(41)25(21)16-26(22)34)27-7-8-28(39)35-30(27)40/h1-6,13-16,27,29H,7-12,17-18H2,(H,35,39,40). The van der Waals surface area contributed by atoms with E-state index in [-0.39, 0.29) is 48.5 Å². The minimum atomic E-state index is -0.753. The molecular formula is C31H29F3N4O3. The molecule has 1 unspecified atom stereocenters. The number of carbonyl (C=O) groups excluding carboxylic acids is 3. The van der Waals surface area contributed by atoms with Crippen LogP contribution in [-0.4, -0.2) is 64.6 Å². The topological polar surface area (TPSA) is 73.0 Å². The molecule has 3 heterocycles. The Labute approximate surface area is 235 Å². The normalized spacial score (nSPS) is 20.0. The Hall–Kier alpha value is -4.02. The van der Waals surface area contributed by atoms with Crippen LogP contribution in [0.5, 0.6) is 0 Å². The van der Waals surface area contributed by atoms with E-state index in [1.54, 1.807) is 18.2 Å². The smallest absolute Gasteiger partial charge is 0.255 e. The van der Waals surface area contributed by atoms with Crippen molar-refractivity contribution in [1.82, 2.24) is 20.0 Å². The van der Waals surface area contributed by atoms with E-state index in [0.29, 0.717) is 43.9 Å². The average Bonchev–Trinajstić information content (AvgIpc) is 3.25. The van der Waals surface area contributed by atoms with Gasteiger partial charge in [0.25, 0.3) is 5.91 Å². The van der Waals surface area contributed by atoms with Gasteiger partial charge in [-0.05, 0) is 59.5 Å². The van der Waals surface area contributed by atoms with Gasteiger partial charge < -0.3 is 4.90 Å². The molecule has 3 aromatic rings. The average molecular weight is 563 g/mol. The molecule has 0 aliphatic carbocycles. The number of piperidine rings is 1. The van der Waals surface area contributed by atoms with Crippen LogP contribution in [0.2, 0.25) is 0 Å². The van der Waals surface area contributed by atoms with Gasteiger partial charge in [0, 0.05) is 56.8 Å². The van der Waals surface area contributed by atoms with Crippen molar-refractivity contribution in [2.24, 2.45) is 0 Å². The zero-order valence-electron chi connectivity index (χ0n) is 22.3. The van der Waals surface area contributed by atoms with Gasteiger partial charge in [-0.2, -0.15) is 0 Å². The van der Waals surface area contributed by atoms with E-state index in [4.69, 9.17) is 0 Å². The van der Waals surface area contributed by atoms with Gasteiger partial charge in [0.1, 0.15) is 23.5 Å². The zero-order valence-corrected chi connectivity index (χ0v) is 22.3. The summed E-state index contributed by atoms with van der Waals surface area (Å²) in [6, 6.07) is 14.5. The molecule has 3 aliphatic heterocycles. The molecule has 6 rings (SSSR count). The fourth-order valence-corrected chi connectivity index (χ4v) is 6.15. The number of halogens is 3. The maximum atomic E-state index is 15.2. The summed E-state index contributed by atoms with van der Waals surface area (Å²) in [4.78, 5) is 42.5. The lowest BCUT2D eigenvalue weighted by Crippen LogP contribution is -2.52. The van der Waals surface area contributed by atoms with Crippen LogP contribution in [0.15, 0.2) is 60.7 Å². The van der Waals surface area contributed by atoms with Crippen molar-refractivity contribution in [2.45, 2.75) is 38.0 Å². The summed E-state index contributed by atoms with van der Waals surface area (Å²) in [7, 11) is 0. The number of amides is 3. The predicted molar refractivity (Wildman–Crippen MR) is 144 cm³/mol. The Morgan fingerprint density at radius 2 is 1.51 bits per heavy atom. The van der Waals surface area contributed by atoms with Gasteiger partial charge in [-0.3, -0.25) is 29.5 Å². The van der Waals surface area contributed by atoms with E-state index in [0.717, 1.165) is 11.1 Å². The van der Waals surface area contributed by atoms with Crippen LogP contribution in [-0.2, 0) is 22.7 Å². The third-order valence-electron chi connectivity index (χ3n) is 8.19. The minimum absolute atomic E-state index is 0.154. The Balaban J connectivity index is 1.15. The Morgan fingerprint density at radius 1 is 0.854 bits per heavy atom. The highest BCUT2D eigenvalue weighted by molar-refractivity contribution is 6.05. The van der Waals surface area contributed by atoms with Gasteiger partial charge in [0.05, 0.1) is 6.04 Å². The van der Waals surface area contributed by atoms with Crippen molar-refractivity contribution in [2.75, 3.05) is 26.2 Å². The quantitative estimate of drug-likeness (QED) is 0.464. The Bertz CT molecular complexity index is 1480. The number of piperazine rings is 1. The Morgan fingerprint density at radius 3 is 2.12 bits per heavy atom. The van der Waals surface area contributed by atoms with Crippen LogP contribution >= 0.6 is 0 Å². The molecular weight excluding hydrogens is 533 g/mol. The summed E-state index contributed by atoms with van der Waals surface area (Å²) in [5.41, 5.74) is 2.83. The lowest BCUT2D eigenvalue weighted by atomic mass is 9.96. The van der Waals surface area contributed by atoms with Crippen molar-refractivity contribution >= 4 is 17.7 Å². The second-order valence-corrected chi connectivity index (χ2v) is 10.8. The van der Waals surface area contributed by atoms with Crippen molar-refractivity contribution in [1.29, 1.82) is 0 Å². The van der Waals surface area contributed by atoms with Gasteiger partial charge in [-0.1, -0.05) is 24.3 Å². The summed E-state index contributed by atoms with van der Waals surface area (Å²) in [6.45, 7) is 2.95. The number of benzene rings is 3. The first kappa shape index (κ1) is 27.2. The molecule has 1 N–H and O–H groups in total. The third-order valence-corrected chi connectivity index (χ3v) is 8.19. The molecule has 2 fully saturated rings. The molecule has 1 atom stereocenters. The van der Waals surface area contributed by atoms with Crippen LogP contribution in [0, 0.1) is 17.5 Å². The van der Waals surface area contributed by atoms with E-state index in [1.165, 1.54) is 35.2 Å². The number of nitrogens with zero attached hydrogens (tertiary/aromatic N) is 3. The molecule has 2 saturated heterocycles. The van der Waals surface area contributed by atoms with E-state index >= 15 is 4.39 Å². The van der Waals surface area contributed by atoms with Gasteiger partial charge in [-0.15, -0.1) is 0 Å². The van der Waals surface area contributed by atoms with Gasteiger partial charge in [0.15, 0.2) is 0 Å². The van der Waals surface area contributed by atoms with Crippen LogP contribution in [0.25, 0.3) is 0 Å². The number of hydrogen-bond acceptors (Lipinski definition) is 5. The first-order valence-electron chi connectivity index (χ1n) is 13.7. The fraction of sp³-hybridized carbons (Fsp3) is 0.323. The summed E-state index contributed by atoms with van der Waals surface area (Å²) >= 11 is 0. The summed E-state index contributed by atoms with van der Waals surface area (Å²) in [5, 5.41) is 2.27. The number of fused-ring (bicyclic) bond motifs is 1. The number of hydrogen-bond donors (Lipinski definition) is 1. The number of imide groups is 1. The van der Waals surface area contributed by atoms with Crippen molar-refractivity contribution in [3.05, 3.63) is 106 Å². The first-order chi connectivity index (χ1) is 19.8. The molecule has 3 aliphatic rings. The fourth-order valence-electron chi connectivity index (χ4n) is 6.15. The van der Waals surface area contributed by atoms with Gasteiger partial charge >= 0.3 is 0 Å². The largest absolute Gasteiger partial charge is 0.322 e. The molecule has 0 bridgehead atoms. The molecule has 0 spiro atoms. The van der Waals surface area contributed by atoms with Crippen molar-refractivity contribution in [3.63, 3.8) is 0 Å². The van der Waals surface area contributed by atoms with Crippen LogP contribution in [0.4, 0.5) is 13.2 Å².